The molecule has 5 N–H and O–H groups in total. The molecule has 0 aromatic heterocycles. The number of hydrogen-bond donors (Lipinski definition) is 5. The number of alkyl carbamates (subject to hydrolysis) is 1. The van der Waals surface area contributed by atoms with Gasteiger partial charge in [-0.25, -0.2) is 9.59 Å². The van der Waals surface area contributed by atoms with Crippen LogP contribution in [0.4, 0.5) is 9.59 Å². The first-order valence-electron chi connectivity index (χ1n) is 23.6. The molecular formula is C47H85N3O7. The molecule has 10 heteroatoms. The first-order chi connectivity index (χ1) is 27.9. The van der Waals surface area contributed by atoms with Gasteiger partial charge in [-0.2, -0.15) is 0 Å². The van der Waals surface area contributed by atoms with Crippen LogP contribution in [0.3, 0.4) is 0 Å². The Balaban J connectivity index is 1.85. The minimum absolute atomic E-state index is 0.0190. The van der Waals surface area contributed by atoms with Gasteiger partial charge < -0.3 is 35.4 Å². The number of carbonyl (C=O) groups is 2. The number of nitrogens with one attached hydrogen (secondary N) is 2. The summed E-state index contributed by atoms with van der Waals surface area (Å²) in [4.78, 5) is 28.4. The number of nitrogens with zero attached hydrogens (tertiary/aromatic N) is 1. The Bertz CT molecular complexity index is 1100. The Kier molecular flexibility index (Phi) is 30.7. The van der Waals surface area contributed by atoms with Crippen molar-refractivity contribution in [1.29, 1.82) is 0 Å². The van der Waals surface area contributed by atoms with Crippen molar-refractivity contribution in [3.05, 3.63) is 35.9 Å². The van der Waals surface area contributed by atoms with Gasteiger partial charge in [0, 0.05) is 13.1 Å². The van der Waals surface area contributed by atoms with Crippen molar-refractivity contribution >= 4 is 12.1 Å². The molecule has 330 valence electrons. The lowest BCUT2D eigenvalue weighted by Gasteiger charge is -2.46. The lowest BCUT2D eigenvalue weighted by Crippen LogP contribution is -2.69. The molecule has 1 aromatic rings. The van der Waals surface area contributed by atoms with E-state index in [1.165, 1.54) is 140 Å². The summed E-state index contributed by atoms with van der Waals surface area (Å²) in [7, 11) is 0. The zero-order chi connectivity index (χ0) is 41.2. The molecular weight excluding hydrogens is 719 g/mol. The Hall–Kier alpha value is -2.40. The molecule has 0 spiro atoms. The number of hydrogen-bond acceptors (Lipinski definition) is 7. The predicted octanol–water partition coefficient (Wildman–Crippen LogP) is 10.7. The summed E-state index contributed by atoms with van der Waals surface area (Å²) >= 11 is 0. The van der Waals surface area contributed by atoms with E-state index in [1.807, 2.05) is 30.3 Å². The summed E-state index contributed by atoms with van der Waals surface area (Å²) < 4.78 is 11.5. The molecule has 1 fully saturated rings. The summed E-state index contributed by atoms with van der Waals surface area (Å²) in [5, 5.41) is 37.7. The molecule has 0 unspecified atom stereocenters. The van der Waals surface area contributed by atoms with E-state index in [-0.39, 0.29) is 12.6 Å². The van der Waals surface area contributed by atoms with Gasteiger partial charge in [0.05, 0.1) is 6.61 Å². The van der Waals surface area contributed by atoms with E-state index in [0.717, 1.165) is 50.5 Å². The maximum absolute atomic E-state index is 13.8. The SMILES string of the molecule is CCCCCCCCCCCCCCCCCCNC(=O)N(CCCCCCCCCCCCCC)[C@@H]1O[C@H](CO)[C@H](O)[C@H](O)[C@@H]1NC(=O)OCc1ccccc1. The van der Waals surface area contributed by atoms with E-state index in [0.29, 0.717) is 13.1 Å². The first kappa shape index (κ1) is 50.7. The highest BCUT2D eigenvalue weighted by molar-refractivity contribution is 5.75. The van der Waals surface area contributed by atoms with Gasteiger partial charge in [0.2, 0.25) is 0 Å². The van der Waals surface area contributed by atoms with Crippen LogP contribution in [0.15, 0.2) is 30.3 Å². The maximum Gasteiger partial charge on any atom is 0.407 e. The standard InChI is InChI=1S/C47H85N3O7/c1-3-5-7-9-11-13-15-17-18-19-20-21-23-25-27-32-36-48-46(54)50(37-33-28-26-24-22-16-14-12-10-8-6-4-2)45-42(44(53)43(52)41(38-51)57-45)49-47(55)56-39-40-34-30-29-31-35-40/h29-31,34-35,41-45,51-53H,3-28,32-33,36-39H2,1-2H3,(H,48,54)(H,49,55)/t41-,42+,43+,44-,45-/m1/s1. The fraction of sp³-hybridized carbons (Fsp3) is 0.830. The van der Waals surface area contributed by atoms with Gasteiger partial charge in [-0.05, 0) is 18.4 Å². The van der Waals surface area contributed by atoms with Crippen LogP contribution in [0, 0.1) is 0 Å². The van der Waals surface area contributed by atoms with Crippen LogP contribution in [-0.2, 0) is 16.1 Å². The van der Waals surface area contributed by atoms with Crippen LogP contribution in [0.2, 0.25) is 0 Å². The Morgan fingerprint density at radius 1 is 0.632 bits per heavy atom. The normalized spacial score (nSPS) is 19.4. The highest BCUT2D eigenvalue weighted by Gasteiger charge is 2.48. The summed E-state index contributed by atoms with van der Waals surface area (Å²) in [6, 6.07) is 7.72. The average Bonchev–Trinajstić information content (AvgIpc) is 3.22. The molecule has 2 rings (SSSR count). The minimum Gasteiger partial charge on any atom is -0.445 e. The molecule has 1 aliphatic rings. The van der Waals surface area contributed by atoms with E-state index in [1.54, 1.807) is 0 Å². The minimum atomic E-state index is -1.50. The third-order valence-electron chi connectivity index (χ3n) is 11.5. The van der Waals surface area contributed by atoms with Crippen molar-refractivity contribution in [2.45, 2.75) is 231 Å². The van der Waals surface area contributed by atoms with Crippen LogP contribution >= 0.6 is 0 Å². The molecule has 5 atom stereocenters. The van der Waals surface area contributed by atoms with Gasteiger partial charge in [-0.1, -0.05) is 211 Å². The second-order valence-corrected chi connectivity index (χ2v) is 16.6. The predicted molar refractivity (Wildman–Crippen MR) is 232 cm³/mol. The Labute approximate surface area is 347 Å². The van der Waals surface area contributed by atoms with Crippen molar-refractivity contribution < 1.29 is 34.4 Å². The van der Waals surface area contributed by atoms with Crippen LogP contribution in [0.25, 0.3) is 0 Å². The lowest BCUT2D eigenvalue weighted by molar-refractivity contribution is -0.222. The Morgan fingerprint density at radius 2 is 1.07 bits per heavy atom. The molecule has 3 amide bonds. The summed E-state index contributed by atoms with van der Waals surface area (Å²) in [5.41, 5.74) is 0.798. The largest absolute Gasteiger partial charge is 0.445 e. The van der Waals surface area contributed by atoms with Gasteiger partial charge in [0.25, 0.3) is 0 Å². The second kappa shape index (κ2) is 34.5. The monoisotopic (exact) mass is 804 g/mol. The fourth-order valence-electron chi connectivity index (χ4n) is 7.86. The van der Waals surface area contributed by atoms with E-state index >= 15 is 0 Å². The number of amides is 3. The average molecular weight is 804 g/mol. The van der Waals surface area contributed by atoms with Crippen LogP contribution < -0.4 is 10.6 Å². The van der Waals surface area contributed by atoms with Crippen LogP contribution in [0.5, 0.6) is 0 Å². The number of urea groups is 1. The summed E-state index contributed by atoms with van der Waals surface area (Å²) in [6.07, 6.45) is 28.7. The van der Waals surface area contributed by atoms with Crippen molar-refractivity contribution in [3.8, 4) is 0 Å². The van der Waals surface area contributed by atoms with Crippen molar-refractivity contribution in [1.82, 2.24) is 15.5 Å². The third-order valence-corrected chi connectivity index (χ3v) is 11.5. The van der Waals surface area contributed by atoms with E-state index in [2.05, 4.69) is 24.5 Å². The van der Waals surface area contributed by atoms with E-state index < -0.39 is 43.3 Å². The van der Waals surface area contributed by atoms with E-state index in [9.17, 15) is 24.9 Å². The smallest absolute Gasteiger partial charge is 0.407 e. The van der Waals surface area contributed by atoms with Crippen LogP contribution in [-0.4, -0.2) is 82.6 Å². The number of unbranched alkanes of at least 4 members (excludes halogenated alkanes) is 26. The van der Waals surface area contributed by atoms with Gasteiger partial charge >= 0.3 is 12.1 Å². The maximum atomic E-state index is 13.8. The molecule has 1 aromatic carbocycles. The van der Waals surface area contributed by atoms with Crippen molar-refractivity contribution in [2.24, 2.45) is 0 Å². The topological polar surface area (TPSA) is 141 Å². The molecule has 57 heavy (non-hydrogen) atoms. The number of aliphatic hydroxyl groups is 3. The number of benzene rings is 1. The number of ether oxygens (including phenoxy) is 2. The number of rotatable bonds is 35. The molecule has 1 aliphatic heterocycles. The van der Waals surface area contributed by atoms with Crippen molar-refractivity contribution in [2.75, 3.05) is 19.7 Å². The Morgan fingerprint density at radius 3 is 1.53 bits per heavy atom. The van der Waals surface area contributed by atoms with E-state index in [4.69, 9.17) is 9.47 Å². The number of aliphatic hydroxyl groups excluding tert-OH is 3. The highest BCUT2D eigenvalue weighted by Crippen LogP contribution is 2.25. The van der Waals surface area contributed by atoms with Crippen LogP contribution in [0.1, 0.15) is 199 Å². The zero-order valence-corrected chi connectivity index (χ0v) is 36.3. The van der Waals surface area contributed by atoms with Gasteiger partial charge in [-0.15, -0.1) is 0 Å². The van der Waals surface area contributed by atoms with Gasteiger partial charge in [-0.3, -0.25) is 4.90 Å². The van der Waals surface area contributed by atoms with Gasteiger partial charge in [0.15, 0.2) is 6.23 Å². The summed E-state index contributed by atoms with van der Waals surface area (Å²) in [6.45, 7) is 4.83. The molecule has 1 saturated heterocycles. The fourth-order valence-corrected chi connectivity index (χ4v) is 7.86. The lowest BCUT2D eigenvalue weighted by atomic mass is 9.95. The summed E-state index contributed by atoms with van der Waals surface area (Å²) in [5.74, 6) is 0. The molecule has 0 bridgehead atoms. The molecule has 0 aliphatic carbocycles. The third kappa shape index (κ3) is 23.7. The molecule has 0 radical (unpaired) electrons. The molecule has 0 saturated carbocycles. The van der Waals surface area contributed by atoms with Crippen molar-refractivity contribution in [3.63, 3.8) is 0 Å². The zero-order valence-electron chi connectivity index (χ0n) is 36.3. The highest BCUT2D eigenvalue weighted by atomic mass is 16.6. The molecule has 1 heterocycles. The number of carbonyl (C=O) groups excluding carboxylic acids is 2. The quantitative estimate of drug-likeness (QED) is 0.0430. The molecule has 10 nitrogen and oxygen atoms in total. The van der Waals surface area contributed by atoms with Gasteiger partial charge in [0.1, 0.15) is 31.0 Å². The second-order valence-electron chi connectivity index (χ2n) is 16.6. The first-order valence-corrected chi connectivity index (χ1v) is 23.6.